The molecule has 1 aromatic rings. The predicted molar refractivity (Wildman–Crippen MR) is 76.6 cm³/mol. The summed E-state index contributed by atoms with van der Waals surface area (Å²) in [7, 11) is 0. The maximum absolute atomic E-state index is 11.3. The first kappa shape index (κ1) is 13.1. The van der Waals surface area contributed by atoms with Gasteiger partial charge < -0.3 is 15.7 Å². The molecule has 0 unspecified atom stereocenters. The lowest BCUT2D eigenvalue weighted by Gasteiger charge is -2.39. The van der Waals surface area contributed by atoms with Crippen LogP contribution >= 0.6 is 11.8 Å². The van der Waals surface area contributed by atoms with Crippen molar-refractivity contribution in [2.75, 3.05) is 29.5 Å². The number of nitrogen functional groups attached to an aromatic ring is 1. The topological polar surface area (TPSA) is 66.6 Å². The van der Waals surface area contributed by atoms with Gasteiger partial charge in [0.2, 0.25) is 0 Å². The quantitative estimate of drug-likeness (QED) is 0.804. The zero-order valence-electron chi connectivity index (χ0n) is 10.6. The first-order valence-corrected chi connectivity index (χ1v) is 6.89. The summed E-state index contributed by atoms with van der Waals surface area (Å²) in [5.41, 5.74) is 7.44. The zero-order valence-corrected chi connectivity index (χ0v) is 11.5. The molecule has 5 heteroatoms. The van der Waals surface area contributed by atoms with Gasteiger partial charge in [-0.25, -0.2) is 4.79 Å². The molecule has 1 aliphatic rings. The van der Waals surface area contributed by atoms with Crippen LogP contribution in [-0.2, 0) is 0 Å². The molecule has 1 aromatic carbocycles. The Morgan fingerprint density at radius 2 is 2.22 bits per heavy atom. The number of carboxylic acid groups (broad SMARTS) is 1. The smallest absolute Gasteiger partial charge is 0.337 e. The summed E-state index contributed by atoms with van der Waals surface area (Å²) in [6.07, 6.45) is 0. The van der Waals surface area contributed by atoms with Crippen molar-refractivity contribution in [2.45, 2.75) is 18.6 Å². The number of hydrogen-bond acceptors (Lipinski definition) is 4. The predicted octanol–water partition coefficient (Wildman–Crippen LogP) is 2.30. The number of anilines is 2. The highest BCUT2D eigenvalue weighted by Crippen LogP contribution is 2.34. The van der Waals surface area contributed by atoms with Crippen molar-refractivity contribution in [3.8, 4) is 0 Å². The summed E-state index contributed by atoms with van der Waals surface area (Å²) in [6.45, 7) is 6.05. The Hall–Kier alpha value is -1.36. The molecule has 4 nitrogen and oxygen atoms in total. The number of carbonyl (C=O) groups is 1. The average molecular weight is 266 g/mol. The lowest BCUT2D eigenvalue weighted by atomic mass is 10.1. The Labute approximate surface area is 111 Å². The van der Waals surface area contributed by atoms with Crippen LogP contribution in [0, 0.1) is 0 Å². The van der Waals surface area contributed by atoms with Gasteiger partial charge in [-0.05, 0) is 32.0 Å². The molecule has 18 heavy (non-hydrogen) atoms. The lowest BCUT2D eigenvalue weighted by Crippen LogP contribution is -2.43. The number of thioether (sulfide) groups is 1. The molecular weight excluding hydrogens is 248 g/mol. The molecule has 2 rings (SSSR count). The third kappa shape index (κ3) is 2.72. The van der Waals surface area contributed by atoms with Crippen molar-refractivity contribution in [1.82, 2.24) is 0 Å². The van der Waals surface area contributed by atoms with E-state index in [9.17, 15) is 9.90 Å². The van der Waals surface area contributed by atoms with Gasteiger partial charge in [0.1, 0.15) is 0 Å². The molecular formula is C13H18N2O2S. The molecule has 0 aromatic heterocycles. The molecule has 0 spiro atoms. The fraction of sp³-hybridized carbons (Fsp3) is 0.462. The van der Waals surface area contributed by atoms with Crippen LogP contribution in [0.25, 0.3) is 0 Å². The average Bonchev–Trinajstić information content (AvgIpc) is 2.27. The van der Waals surface area contributed by atoms with Crippen molar-refractivity contribution in [1.29, 1.82) is 0 Å². The fourth-order valence-corrected chi connectivity index (χ4v) is 3.32. The van der Waals surface area contributed by atoms with Gasteiger partial charge in [-0.1, -0.05) is 0 Å². The van der Waals surface area contributed by atoms with Crippen LogP contribution in [0.3, 0.4) is 0 Å². The van der Waals surface area contributed by atoms with E-state index < -0.39 is 5.97 Å². The first-order valence-electron chi connectivity index (χ1n) is 5.91. The highest BCUT2D eigenvalue weighted by Gasteiger charge is 2.29. The Morgan fingerprint density at radius 3 is 2.83 bits per heavy atom. The summed E-state index contributed by atoms with van der Waals surface area (Å²) < 4.78 is 0.138. The third-order valence-electron chi connectivity index (χ3n) is 3.02. The van der Waals surface area contributed by atoms with Crippen molar-refractivity contribution >= 4 is 29.1 Å². The van der Waals surface area contributed by atoms with Crippen LogP contribution in [0.2, 0.25) is 0 Å². The van der Waals surface area contributed by atoms with Crippen LogP contribution in [-0.4, -0.2) is 34.7 Å². The van der Waals surface area contributed by atoms with E-state index in [0.717, 1.165) is 24.5 Å². The van der Waals surface area contributed by atoms with Crippen LogP contribution < -0.4 is 10.6 Å². The highest BCUT2D eigenvalue weighted by atomic mass is 32.2. The summed E-state index contributed by atoms with van der Waals surface area (Å²) >= 11 is 1.92. The molecule has 1 saturated heterocycles. The SMILES string of the molecule is CC1(C)CN(c2cc(N)ccc2C(=O)O)CCS1. The second-order valence-electron chi connectivity index (χ2n) is 5.11. The summed E-state index contributed by atoms with van der Waals surface area (Å²) in [5.74, 6) is 0.0990. The number of aromatic carboxylic acids is 1. The molecule has 1 fully saturated rings. The van der Waals surface area contributed by atoms with Crippen LogP contribution in [0.4, 0.5) is 11.4 Å². The molecule has 0 radical (unpaired) electrons. The summed E-state index contributed by atoms with van der Waals surface area (Å²) in [4.78, 5) is 13.4. The van der Waals surface area contributed by atoms with Crippen molar-refractivity contribution in [3.05, 3.63) is 23.8 Å². The number of nitrogens with two attached hydrogens (primary N) is 1. The second-order valence-corrected chi connectivity index (χ2v) is 6.91. The molecule has 1 aliphatic heterocycles. The number of rotatable bonds is 2. The minimum atomic E-state index is -0.902. The number of hydrogen-bond donors (Lipinski definition) is 2. The third-order valence-corrected chi connectivity index (χ3v) is 4.32. The van der Waals surface area contributed by atoms with Gasteiger partial charge in [-0.15, -0.1) is 0 Å². The number of nitrogens with zero attached hydrogens (tertiary/aromatic N) is 1. The lowest BCUT2D eigenvalue weighted by molar-refractivity contribution is 0.0697. The Kier molecular flexibility index (Phi) is 3.43. The van der Waals surface area contributed by atoms with Crippen LogP contribution in [0.5, 0.6) is 0 Å². The van der Waals surface area contributed by atoms with Crippen LogP contribution in [0.1, 0.15) is 24.2 Å². The standard InChI is InChI=1S/C13H18N2O2S/c1-13(2)8-15(5-6-18-13)11-7-9(14)3-4-10(11)12(16)17/h3-4,7H,5-6,8,14H2,1-2H3,(H,16,17). The molecule has 1 heterocycles. The molecule has 0 amide bonds. The van der Waals surface area contributed by atoms with E-state index >= 15 is 0 Å². The largest absolute Gasteiger partial charge is 0.478 e. The normalized spacial score (nSPS) is 18.7. The molecule has 3 N–H and O–H groups in total. The Balaban J connectivity index is 2.37. The highest BCUT2D eigenvalue weighted by molar-refractivity contribution is 8.00. The zero-order chi connectivity index (χ0) is 13.3. The van der Waals surface area contributed by atoms with E-state index in [4.69, 9.17) is 5.73 Å². The maximum Gasteiger partial charge on any atom is 0.337 e. The van der Waals surface area contributed by atoms with Gasteiger partial charge in [0.25, 0.3) is 0 Å². The second kappa shape index (κ2) is 4.72. The van der Waals surface area contributed by atoms with Gasteiger partial charge in [-0.3, -0.25) is 0 Å². The maximum atomic E-state index is 11.3. The van der Waals surface area contributed by atoms with E-state index in [1.165, 1.54) is 0 Å². The van der Waals surface area contributed by atoms with Gasteiger partial charge in [-0.2, -0.15) is 11.8 Å². The van der Waals surface area contributed by atoms with E-state index in [0.29, 0.717) is 11.3 Å². The fourth-order valence-electron chi connectivity index (χ4n) is 2.21. The number of benzene rings is 1. The van der Waals surface area contributed by atoms with E-state index in [1.807, 2.05) is 11.8 Å². The van der Waals surface area contributed by atoms with Crippen molar-refractivity contribution < 1.29 is 9.90 Å². The van der Waals surface area contributed by atoms with E-state index in [2.05, 4.69) is 18.7 Å². The summed E-state index contributed by atoms with van der Waals surface area (Å²) in [6, 6.07) is 4.98. The molecule has 0 atom stereocenters. The Morgan fingerprint density at radius 1 is 1.50 bits per heavy atom. The molecule has 0 saturated carbocycles. The van der Waals surface area contributed by atoms with Crippen molar-refractivity contribution in [2.24, 2.45) is 0 Å². The van der Waals surface area contributed by atoms with Gasteiger partial charge in [0, 0.05) is 29.3 Å². The molecule has 0 bridgehead atoms. The minimum Gasteiger partial charge on any atom is -0.478 e. The van der Waals surface area contributed by atoms with E-state index in [-0.39, 0.29) is 4.75 Å². The summed E-state index contributed by atoms with van der Waals surface area (Å²) in [5, 5.41) is 9.24. The Bertz CT molecular complexity index is 474. The van der Waals surface area contributed by atoms with Gasteiger partial charge >= 0.3 is 5.97 Å². The van der Waals surface area contributed by atoms with Crippen LogP contribution in [0.15, 0.2) is 18.2 Å². The van der Waals surface area contributed by atoms with Gasteiger partial charge in [0.15, 0.2) is 0 Å². The van der Waals surface area contributed by atoms with Gasteiger partial charge in [0.05, 0.1) is 11.3 Å². The molecule has 0 aliphatic carbocycles. The number of carboxylic acids is 1. The first-order chi connectivity index (χ1) is 8.39. The van der Waals surface area contributed by atoms with Crippen molar-refractivity contribution in [3.63, 3.8) is 0 Å². The van der Waals surface area contributed by atoms with E-state index in [1.54, 1.807) is 18.2 Å². The monoisotopic (exact) mass is 266 g/mol. The molecule has 98 valence electrons. The minimum absolute atomic E-state index is 0.138.